The lowest BCUT2D eigenvalue weighted by molar-refractivity contribution is -0.140. The molecular weight excluding hydrogens is 521 g/mol. The average Bonchev–Trinajstić information content (AvgIpc) is 2.84. The van der Waals surface area contributed by atoms with E-state index >= 15 is 0 Å². The number of nitrogens with one attached hydrogen (secondary N) is 1. The molecule has 0 fully saturated rings. The van der Waals surface area contributed by atoms with Gasteiger partial charge in [0, 0.05) is 26.1 Å². The van der Waals surface area contributed by atoms with Crippen molar-refractivity contribution in [2.75, 3.05) is 23.7 Å². The van der Waals surface area contributed by atoms with Gasteiger partial charge in [-0.1, -0.05) is 55.2 Å². The Morgan fingerprint density at radius 1 is 1.00 bits per heavy atom. The first-order chi connectivity index (χ1) is 17.0. The second-order valence-corrected chi connectivity index (χ2v) is 11.4. The lowest BCUT2D eigenvalue weighted by Gasteiger charge is -2.29. The van der Waals surface area contributed by atoms with E-state index in [1.54, 1.807) is 37.3 Å². The summed E-state index contributed by atoms with van der Waals surface area (Å²) in [6, 6.07) is 11.7. The van der Waals surface area contributed by atoms with Gasteiger partial charge in [0.05, 0.1) is 22.0 Å². The molecule has 0 aliphatic carbocycles. The summed E-state index contributed by atoms with van der Waals surface area (Å²) in [4.78, 5) is 27.5. The minimum absolute atomic E-state index is 0.0752. The van der Waals surface area contributed by atoms with Crippen LogP contribution in [0.3, 0.4) is 0 Å². The molecule has 0 aromatic heterocycles. The van der Waals surface area contributed by atoms with Crippen molar-refractivity contribution in [3.05, 3.63) is 63.6 Å². The molecule has 0 spiro atoms. The highest BCUT2D eigenvalue weighted by Gasteiger charge is 2.26. The molecule has 1 atom stereocenters. The molecule has 198 valence electrons. The molecule has 0 saturated heterocycles. The Labute approximate surface area is 224 Å². The van der Waals surface area contributed by atoms with Crippen LogP contribution in [0.25, 0.3) is 0 Å². The van der Waals surface area contributed by atoms with Gasteiger partial charge in [-0.2, -0.15) is 0 Å². The molecule has 0 aliphatic rings. The second-order valence-electron chi connectivity index (χ2n) is 8.70. The smallest absolute Gasteiger partial charge is 0.242 e. The van der Waals surface area contributed by atoms with Gasteiger partial charge in [0.2, 0.25) is 21.8 Å². The zero-order chi connectivity index (χ0) is 26.9. The van der Waals surface area contributed by atoms with E-state index in [9.17, 15) is 18.0 Å². The Bertz CT molecular complexity index is 1140. The monoisotopic (exact) mass is 555 g/mol. The van der Waals surface area contributed by atoms with E-state index in [1.165, 1.54) is 9.21 Å². The fraction of sp³-hybridized carbons (Fsp3) is 0.462. The summed E-state index contributed by atoms with van der Waals surface area (Å²) < 4.78 is 26.2. The van der Waals surface area contributed by atoms with Gasteiger partial charge in [-0.05, 0) is 61.6 Å². The molecular formula is C26H35Cl2N3O4S. The van der Waals surface area contributed by atoms with Crippen LogP contribution in [0.2, 0.25) is 10.0 Å². The molecule has 0 radical (unpaired) electrons. The molecule has 0 saturated carbocycles. The van der Waals surface area contributed by atoms with E-state index in [0.29, 0.717) is 28.7 Å². The third kappa shape index (κ3) is 8.68. The van der Waals surface area contributed by atoms with E-state index in [2.05, 4.69) is 5.32 Å². The topological polar surface area (TPSA) is 86.8 Å². The normalized spacial score (nSPS) is 12.2. The Balaban J connectivity index is 2.17. The number of amides is 2. The number of sulfonamides is 1. The molecule has 2 amide bonds. The zero-order valence-electron chi connectivity index (χ0n) is 21.3. The zero-order valence-corrected chi connectivity index (χ0v) is 23.6. The average molecular weight is 557 g/mol. The van der Waals surface area contributed by atoms with Crippen molar-refractivity contribution < 1.29 is 18.0 Å². The molecule has 2 aromatic rings. The minimum atomic E-state index is -3.54. The minimum Gasteiger partial charge on any atom is -0.354 e. The van der Waals surface area contributed by atoms with Crippen LogP contribution in [0.15, 0.2) is 42.5 Å². The van der Waals surface area contributed by atoms with Crippen LogP contribution in [0, 0.1) is 0 Å². The predicted molar refractivity (Wildman–Crippen MR) is 147 cm³/mol. The number of carbonyl (C=O) groups excluding carboxylic acids is 2. The van der Waals surface area contributed by atoms with Gasteiger partial charge in [0.1, 0.15) is 6.04 Å². The predicted octanol–water partition coefficient (Wildman–Crippen LogP) is 5.05. The Hall–Kier alpha value is -2.29. The van der Waals surface area contributed by atoms with Crippen LogP contribution in [0.5, 0.6) is 0 Å². The van der Waals surface area contributed by atoms with Gasteiger partial charge >= 0.3 is 0 Å². The molecule has 10 heteroatoms. The van der Waals surface area contributed by atoms with Crippen molar-refractivity contribution in [1.82, 2.24) is 10.2 Å². The van der Waals surface area contributed by atoms with Crippen LogP contribution in [0.1, 0.15) is 51.2 Å². The van der Waals surface area contributed by atoms with Gasteiger partial charge in [0.25, 0.3) is 0 Å². The SMILES string of the molecule is CCCNC(=O)C(C)N(Cc1ccc(Cl)c(Cl)c1)C(=O)CCCN(c1ccc(CC)cc1)S(C)(=O)=O. The van der Waals surface area contributed by atoms with E-state index in [0.717, 1.165) is 30.2 Å². The summed E-state index contributed by atoms with van der Waals surface area (Å²) in [6.45, 7) is 6.49. The maximum atomic E-state index is 13.3. The van der Waals surface area contributed by atoms with Crippen LogP contribution in [0.4, 0.5) is 5.69 Å². The Kier molecular flexibility index (Phi) is 11.5. The third-order valence-electron chi connectivity index (χ3n) is 5.84. The van der Waals surface area contributed by atoms with Crippen molar-refractivity contribution in [2.24, 2.45) is 0 Å². The molecule has 0 aliphatic heterocycles. The van der Waals surface area contributed by atoms with E-state index in [-0.39, 0.29) is 31.3 Å². The first-order valence-corrected chi connectivity index (χ1v) is 14.7. The molecule has 0 heterocycles. The fourth-order valence-electron chi connectivity index (χ4n) is 3.72. The quantitative estimate of drug-likeness (QED) is 0.374. The summed E-state index contributed by atoms with van der Waals surface area (Å²) in [7, 11) is -3.54. The highest BCUT2D eigenvalue weighted by molar-refractivity contribution is 7.92. The third-order valence-corrected chi connectivity index (χ3v) is 7.77. The van der Waals surface area contributed by atoms with Gasteiger partial charge < -0.3 is 10.2 Å². The van der Waals surface area contributed by atoms with Crippen molar-refractivity contribution in [1.29, 1.82) is 0 Å². The second kappa shape index (κ2) is 13.9. The molecule has 1 N–H and O–H groups in total. The van der Waals surface area contributed by atoms with Crippen molar-refractivity contribution in [3.8, 4) is 0 Å². The van der Waals surface area contributed by atoms with E-state index in [4.69, 9.17) is 23.2 Å². The number of rotatable bonds is 13. The number of hydrogen-bond donors (Lipinski definition) is 1. The largest absolute Gasteiger partial charge is 0.354 e. The number of nitrogens with zero attached hydrogens (tertiary/aromatic N) is 2. The summed E-state index contributed by atoms with van der Waals surface area (Å²) in [6.07, 6.45) is 3.15. The number of carbonyl (C=O) groups is 2. The van der Waals surface area contributed by atoms with Crippen LogP contribution >= 0.6 is 23.2 Å². The first-order valence-electron chi connectivity index (χ1n) is 12.1. The molecule has 2 rings (SSSR count). The van der Waals surface area contributed by atoms with Crippen molar-refractivity contribution in [3.63, 3.8) is 0 Å². The van der Waals surface area contributed by atoms with Gasteiger partial charge in [0.15, 0.2) is 0 Å². The maximum Gasteiger partial charge on any atom is 0.242 e. The lowest BCUT2D eigenvalue weighted by atomic mass is 10.1. The number of aryl methyl sites for hydroxylation is 1. The fourth-order valence-corrected chi connectivity index (χ4v) is 5.00. The standard InChI is InChI=1S/C26H35Cl2N3O4S/c1-5-15-29-26(33)19(3)30(18-21-11-14-23(27)24(28)17-21)25(32)8-7-16-31(36(4,34)35)22-12-9-20(6-2)10-13-22/h9-14,17,19H,5-8,15-16,18H2,1-4H3,(H,29,33). The van der Waals surface area contributed by atoms with Crippen LogP contribution in [-0.2, 0) is 32.6 Å². The molecule has 7 nitrogen and oxygen atoms in total. The molecule has 2 aromatic carbocycles. The Morgan fingerprint density at radius 2 is 1.64 bits per heavy atom. The number of halogens is 2. The number of anilines is 1. The van der Waals surface area contributed by atoms with Crippen molar-refractivity contribution in [2.45, 2.75) is 59.0 Å². The van der Waals surface area contributed by atoms with Gasteiger partial charge in [-0.15, -0.1) is 0 Å². The first kappa shape index (κ1) is 29.9. The Morgan fingerprint density at radius 3 is 2.19 bits per heavy atom. The molecule has 36 heavy (non-hydrogen) atoms. The highest BCUT2D eigenvalue weighted by Crippen LogP contribution is 2.24. The highest BCUT2D eigenvalue weighted by atomic mass is 35.5. The number of hydrogen-bond acceptors (Lipinski definition) is 4. The van der Waals surface area contributed by atoms with Crippen molar-refractivity contribution >= 4 is 50.7 Å². The van der Waals surface area contributed by atoms with E-state index in [1.807, 2.05) is 26.0 Å². The summed E-state index contributed by atoms with van der Waals surface area (Å²) in [5.41, 5.74) is 2.40. The summed E-state index contributed by atoms with van der Waals surface area (Å²) >= 11 is 12.2. The molecule has 1 unspecified atom stereocenters. The summed E-state index contributed by atoms with van der Waals surface area (Å²) in [5, 5.41) is 3.60. The van der Waals surface area contributed by atoms with Crippen LogP contribution in [-0.4, -0.2) is 50.5 Å². The summed E-state index contributed by atoms with van der Waals surface area (Å²) in [5.74, 6) is -0.506. The number of benzene rings is 2. The van der Waals surface area contributed by atoms with E-state index < -0.39 is 16.1 Å². The lowest BCUT2D eigenvalue weighted by Crippen LogP contribution is -2.47. The van der Waals surface area contributed by atoms with Crippen LogP contribution < -0.4 is 9.62 Å². The van der Waals surface area contributed by atoms with Gasteiger partial charge in [-0.25, -0.2) is 8.42 Å². The van der Waals surface area contributed by atoms with Gasteiger partial charge in [-0.3, -0.25) is 13.9 Å². The molecule has 0 bridgehead atoms. The maximum absolute atomic E-state index is 13.3.